The number of amides is 2. The van der Waals surface area contributed by atoms with Crippen LogP contribution < -0.4 is 24.3 Å². The van der Waals surface area contributed by atoms with Crippen molar-refractivity contribution in [1.29, 1.82) is 0 Å². The van der Waals surface area contributed by atoms with Crippen LogP contribution in [0.3, 0.4) is 0 Å². The van der Waals surface area contributed by atoms with Gasteiger partial charge < -0.3 is 29.0 Å². The van der Waals surface area contributed by atoms with Crippen molar-refractivity contribution in [1.82, 2.24) is 5.32 Å². The summed E-state index contributed by atoms with van der Waals surface area (Å²) in [5, 5.41) is 2.77. The van der Waals surface area contributed by atoms with Gasteiger partial charge in [-0.05, 0) is 42.3 Å². The fraction of sp³-hybridized carbons (Fsp3) is 0.286. The van der Waals surface area contributed by atoms with Crippen LogP contribution in [0.25, 0.3) is 0 Å². The SMILES string of the molecule is CC1=NC(=O)NC(c2cc3c(cc2Br)OCO3)C1C(=O)OCc1ccc2c(c1)OCO2. The molecule has 0 aromatic heterocycles. The zero-order chi connectivity index (χ0) is 21.5. The van der Waals surface area contributed by atoms with E-state index in [9.17, 15) is 9.59 Å². The highest BCUT2D eigenvalue weighted by molar-refractivity contribution is 9.10. The van der Waals surface area contributed by atoms with Crippen molar-refractivity contribution in [3.8, 4) is 23.0 Å². The molecule has 0 radical (unpaired) electrons. The van der Waals surface area contributed by atoms with Crippen molar-refractivity contribution in [3.63, 3.8) is 0 Å². The number of esters is 1. The van der Waals surface area contributed by atoms with Gasteiger partial charge in [-0.2, -0.15) is 0 Å². The zero-order valence-corrected chi connectivity index (χ0v) is 17.9. The van der Waals surface area contributed by atoms with E-state index >= 15 is 0 Å². The van der Waals surface area contributed by atoms with Crippen LogP contribution in [-0.2, 0) is 16.1 Å². The molecule has 10 heteroatoms. The first-order valence-electron chi connectivity index (χ1n) is 9.49. The lowest BCUT2D eigenvalue weighted by Crippen LogP contribution is -2.44. The number of urea groups is 1. The summed E-state index contributed by atoms with van der Waals surface area (Å²) in [5.41, 5.74) is 1.79. The van der Waals surface area contributed by atoms with Crippen molar-refractivity contribution in [2.24, 2.45) is 10.9 Å². The summed E-state index contributed by atoms with van der Waals surface area (Å²) in [5.74, 6) is 1.08. The Morgan fingerprint density at radius 2 is 1.77 bits per heavy atom. The van der Waals surface area contributed by atoms with Gasteiger partial charge in [0.1, 0.15) is 12.5 Å². The third kappa shape index (κ3) is 3.67. The molecule has 5 rings (SSSR count). The van der Waals surface area contributed by atoms with Gasteiger partial charge in [0.05, 0.1) is 6.04 Å². The van der Waals surface area contributed by atoms with Gasteiger partial charge >= 0.3 is 12.0 Å². The maximum Gasteiger partial charge on any atom is 0.341 e. The molecule has 3 heterocycles. The van der Waals surface area contributed by atoms with E-state index in [1.807, 2.05) is 0 Å². The Kier molecular flexibility index (Phi) is 4.93. The molecule has 0 aliphatic carbocycles. The first-order valence-corrected chi connectivity index (χ1v) is 10.3. The molecular formula is C21H17BrN2O7. The fourth-order valence-electron chi connectivity index (χ4n) is 3.73. The monoisotopic (exact) mass is 488 g/mol. The van der Waals surface area contributed by atoms with E-state index in [0.29, 0.717) is 38.7 Å². The summed E-state index contributed by atoms with van der Waals surface area (Å²) in [4.78, 5) is 29.1. The van der Waals surface area contributed by atoms with Gasteiger partial charge in [0.25, 0.3) is 0 Å². The highest BCUT2D eigenvalue weighted by Crippen LogP contribution is 2.42. The molecule has 1 N–H and O–H groups in total. The molecule has 0 saturated heterocycles. The number of halogens is 1. The minimum Gasteiger partial charge on any atom is -0.460 e. The minimum atomic E-state index is -0.802. The molecule has 31 heavy (non-hydrogen) atoms. The number of rotatable bonds is 4. The van der Waals surface area contributed by atoms with Gasteiger partial charge in [-0.25, -0.2) is 9.79 Å². The largest absolute Gasteiger partial charge is 0.460 e. The maximum atomic E-state index is 13.1. The van der Waals surface area contributed by atoms with Crippen molar-refractivity contribution >= 4 is 33.6 Å². The topological polar surface area (TPSA) is 105 Å². The summed E-state index contributed by atoms with van der Waals surface area (Å²) in [6, 6.07) is 7.63. The Balaban J connectivity index is 1.39. The normalized spacial score (nSPS) is 20.8. The number of nitrogens with zero attached hydrogens (tertiary/aromatic N) is 1. The molecule has 2 atom stereocenters. The molecule has 2 aromatic carbocycles. The predicted octanol–water partition coefficient (Wildman–Crippen LogP) is 3.49. The highest BCUT2D eigenvalue weighted by Gasteiger charge is 2.39. The molecule has 0 saturated carbocycles. The van der Waals surface area contributed by atoms with Crippen LogP contribution in [0.1, 0.15) is 24.1 Å². The second kappa shape index (κ2) is 7.77. The Morgan fingerprint density at radius 1 is 1.10 bits per heavy atom. The number of fused-ring (bicyclic) bond motifs is 2. The van der Waals surface area contributed by atoms with Crippen LogP contribution in [0.2, 0.25) is 0 Å². The molecule has 160 valence electrons. The molecule has 3 aliphatic rings. The van der Waals surface area contributed by atoms with Crippen LogP contribution in [0.15, 0.2) is 39.8 Å². The standard InChI is InChI=1S/C21H17BrN2O7/c1-10-18(20(25)27-7-11-2-3-14-15(4-11)29-8-28-14)19(24-21(26)23-10)12-5-16-17(6-13(12)22)31-9-30-16/h2-6,18-19H,7-9H2,1H3,(H,24,26). The Hall–Kier alpha value is -3.27. The van der Waals surface area contributed by atoms with E-state index in [1.165, 1.54) is 0 Å². The first kappa shape index (κ1) is 19.7. The van der Waals surface area contributed by atoms with Crippen molar-refractivity contribution in [3.05, 3.63) is 45.9 Å². The molecule has 2 unspecified atom stereocenters. The van der Waals surface area contributed by atoms with Gasteiger partial charge in [0.2, 0.25) is 13.6 Å². The van der Waals surface area contributed by atoms with Crippen LogP contribution in [0, 0.1) is 5.92 Å². The molecule has 0 fully saturated rings. The third-order valence-electron chi connectivity index (χ3n) is 5.24. The average Bonchev–Trinajstić information content (AvgIpc) is 3.39. The number of carbonyl (C=O) groups is 2. The van der Waals surface area contributed by atoms with Crippen LogP contribution in [0.4, 0.5) is 4.79 Å². The zero-order valence-electron chi connectivity index (χ0n) is 16.3. The van der Waals surface area contributed by atoms with Gasteiger partial charge in [0.15, 0.2) is 23.0 Å². The predicted molar refractivity (Wildman–Crippen MR) is 110 cm³/mol. The molecule has 0 spiro atoms. The van der Waals surface area contributed by atoms with E-state index < -0.39 is 24.0 Å². The molecule has 3 aliphatic heterocycles. The van der Waals surface area contributed by atoms with E-state index in [2.05, 4.69) is 26.2 Å². The van der Waals surface area contributed by atoms with Gasteiger partial charge in [-0.15, -0.1) is 0 Å². The summed E-state index contributed by atoms with van der Waals surface area (Å²) < 4.78 is 27.7. The maximum absolute atomic E-state index is 13.1. The summed E-state index contributed by atoms with van der Waals surface area (Å²) in [7, 11) is 0. The Morgan fingerprint density at radius 3 is 2.55 bits per heavy atom. The number of ether oxygens (including phenoxy) is 5. The van der Waals surface area contributed by atoms with E-state index in [4.69, 9.17) is 23.7 Å². The number of aliphatic imine (C=N–C) groups is 1. The van der Waals surface area contributed by atoms with E-state index in [0.717, 1.165) is 5.56 Å². The molecular weight excluding hydrogens is 472 g/mol. The highest BCUT2D eigenvalue weighted by atomic mass is 79.9. The Bertz CT molecular complexity index is 1120. The summed E-state index contributed by atoms with van der Waals surface area (Å²) >= 11 is 3.50. The lowest BCUT2D eigenvalue weighted by atomic mass is 9.88. The quantitative estimate of drug-likeness (QED) is 0.656. The number of hydrogen-bond donors (Lipinski definition) is 1. The molecule has 0 bridgehead atoms. The van der Waals surface area contributed by atoms with Crippen LogP contribution >= 0.6 is 15.9 Å². The summed E-state index contributed by atoms with van der Waals surface area (Å²) in [6.45, 7) is 1.97. The second-order valence-corrected chi connectivity index (χ2v) is 8.03. The smallest absolute Gasteiger partial charge is 0.341 e. The minimum absolute atomic E-state index is 0.0439. The number of nitrogens with one attached hydrogen (secondary N) is 1. The third-order valence-corrected chi connectivity index (χ3v) is 5.93. The van der Waals surface area contributed by atoms with Crippen molar-refractivity contribution in [2.75, 3.05) is 13.6 Å². The van der Waals surface area contributed by atoms with Gasteiger partial charge in [-0.3, -0.25) is 4.79 Å². The molecule has 9 nitrogen and oxygen atoms in total. The Labute approximate surface area is 185 Å². The van der Waals surface area contributed by atoms with Crippen molar-refractivity contribution < 1.29 is 33.3 Å². The average molecular weight is 489 g/mol. The lowest BCUT2D eigenvalue weighted by molar-refractivity contribution is -0.148. The van der Waals surface area contributed by atoms with Crippen molar-refractivity contribution in [2.45, 2.75) is 19.6 Å². The second-order valence-electron chi connectivity index (χ2n) is 7.18. The summed E-state index contributed by atoms with van der Waals surface area (Å²) in [6.07, 6.45) is 0. The molecule has 2 amide bonds. The first-order chi connectivity index (χ1) is 15.0. The number of benzene rings is 2. The number of carbonyl (C=O) groups excluding carboxylic acids is 2. The van der Waals surface area contributed by atoms with E-state index in [-0.39, 0.29) is 20.2 Å². The van der Waals surface area contributed by atoms with Gasteiger partial charge in [-0.1, -0.05) is 22.0 Å². The van der Waals surface area contributed by atoms with E-state index in [1.54, 1.807) is 37.3 Å². The van der Waals surface area contributed by atoms with Crippen LogP contribution in [-0.4, -0.2) is 31.3 Å². The number of hydrogen-bond acceptors (Lipinski definition) is 7. The lowest BCUT2D eigenvalue weighted by Gasteiger charge is -2.30. The van der Waals surface area contributed by atoms with Crippen LogP contribution in [0.5, 0.6) is 23.0 Å². The fourth-order valence-corrected chi connectivity index (χ4v) is 4.30. The van der Waals surface area contributed by atoms with Gasteiger partial charge in [0, 0.05) is 10.2 Å². The molecule has 2 aromatic rings.